The van der Waals surface area contributed by atoms with Crippen LogP contribution in [0.5, 0.6) is 11.5 Å². The highest BCUT2D eigenvalue weighted by atomic mass is 16.7. The van der Waals surface area contributed by atoms with Gasteiger partial charge in [-0.15, -0.1) is 0 Å². The van der Waals surface area contributed by atoms with Crippen molar-refractivity contribution < 1.29 is 14.3 Å². The first-order valence-electron chi connectivity index (χ1n) is 8.97. The van der Waals surface area contributed by atoms with Gasteiger partial charge < -0.3 is 19.4 Å². The van der Waals surface area contributed by atoms with Crippen molar-refractivity contribution >= 4 is 5.91 Å². The van der Waals surface area contributed by atoms with Crippen LogP contribution < -0.4 is 9.47 Å². The Morgan fingerprint density at radius 1 is 1.27 bits per heavy atom. The number of H-pyrrole nitrogens is 1. The molecule has 1 aromatic heterocycles. The monoisotopic (exact) mass is 356 g/mol. The molecule has 1 amide bonds. The van der Waals surface area contributed by atoms with E-state index in [0.717, 1.165) is 43.1 Å². The number of hydrogen-bond donors (Lipinski definition) is 1. The van der Waals surface area contributed by atoms with Crippen molar-refractivity contribution in [1.29, 1.82) is 0 Å². The summed E-state index contributed by atoms with van der Waals surface area (Å²) in [7, 11) is 3.87. The number of aromatic nitrogens is 2. The first kappa shape index (κ1) is 16.9. The zero-order chi connectivity index (χ0) is 18.1. The van der Waals surface area contributed by atoms with E-state index in [-0.39, 0.29) is 18.7 Å². The highest BCUT2D eigenvalue weighted by Crippen LogP contribution is 2.36. The summed E-state index contributed by atoms with van der Waals surface area (Å²) >= 11 is 0. The SMILES string of the molecule is CN(C)[C@@H](C(=O)N1CCC(c2ncc[nH]2)CC1)c1ccc2c(c1)OCO2. The van der Waals surface area contributed by atoms with Crippen LogP contribution in [-0.4, -0.2) is 59.7 Å². The molecule has 7 heteroatoms. The van der Waals surface area contributed by atoms with E-state index < -0.39 is 0 Å². The number of likely N-dealkylation sites (tertiary alicyclic amines) is 1. The minimum absolute atomic E-state index is 0.131. The molecule has 26 heavy (non-hydrogen) atoms. The smallest absolute Gasteiger partial charge is 0.244 e. The predicted molar refractivity (Wildman–Crippen MR) is 96.1 cm³/mol. The van der Waals surface area contributed by atoms with Crippen LogP contribution in [-0.2, 0) is 4.79 Å². The van der Waals surface area contributed by atoms with Crippen LogP contribution in [0.4, 0.5) is 0 Å². The first-order valence-corrected chi connectivity index (χ1v) is 8.97. The molecular weight excluding hydrogens is 332 g/mol. The average Bonchev–Trinajstić information content (AvgIpc) is 3.33. The molecule has 1 fully saturated rings. The normalized spacial score (nSPS) is 18.3. The summed E-state index contributed by atoms with van der Waals surface area (Å²) in [5.41, 5.74) is 0.928. The van der Waals surface area contributed by atoms with Gasteiger partial charge in [0.25, 0.3) is 0 Å². The number of carbonyl (C=O) groups is 1. The summed E-state index contributed by atoms with van der Waals surface area (Å²) < 4.78 is 10.9. The Labute approximate surface area is 152 Å². The number of imidazole rings is 1. The number of aromatic amines is 1. The quantitative estimate of drug-likeness (QED) is 0.909. The summed E-state index contributed by atoms with van der Waals surface area (Å²) in [5, 5.41) is 0. The van der Waals surface area contributed by atoms with Crippen LogP contribution in [0.25, 0.3) is 0 Å². The maximum Gasteiger partial charge on any atom is 0.244 e. The average molecular weight is 356 g/mol. The van der Waals surface area contributed by atoms with Gasteiger partial charge in [-0.1, -0.05) is 6.07 Å². The van der Waals surface area contributed by atoms with Crippen molar-refractivity contribution in [1.82, 2.24) is 19.8 Å². The van der Waals surface area contributed by atoms with Crippen molar-refractivity contribution in [2.45, 2.75) is 24.8 Å². The number of hydrogen-bond acceptors (Lipinski definition) is 5. The Bertz CT molecular complexity index is 767. The number of nitrogens with one attached hydrogen (secondary N) is 1. The molecule has 1 N–H and O–H groups in total. The lowest BCUT2D eigenvalue weighted by Gasteiger charge is -2.35. The number of benzene rings is 1. The van der Waals surface area contributed by atoms with Crippen molar-refractivity contribution in [3.05, 3.63) is 42.0 Å². The minimum Gasteiger partial charge on any atom is -0.454 e. The summed E-state index contributed by atoms with van der Waals surface area (Å²) in [6.07, 6.45) is 5.50. The molecule has 138 valence electrons. The van der Waals surface area contributed by atoms with E-state index in [1.54, 1.807) is 6.20 Å². The van der Waals surface area contributed by atoms with Gasteiger partial charge in [-0.2, -0.15) is 0 Å². The molecule has 7 nitrogen and oxygen atoms in total. The van der Waals surface area contributed by atoms with Gasteiger partial charge in [0.1, 0.15) is 11.9 Å². The molecule has 0 aliphatic carbocycles. The molecule has 3 heterocycles. The molecular formula is C19H24N4O3. The predicted octanol–water partition coefficient (Wildman–Crippen LogP) is 2.15. The van der Waals surface area contributed by atoms with E-state index in [0.29, 0.717) is 11.7 Å². The van der Waals surface area contributed by atoms with Crippen LogP contribution >= 0.6 is 0 Å². The summed E-state index contributed by atoms with van der Waals surface area (Å²) in [4.78, 5) is 24.7. The standard InChI is InChI=1S/C19H24N4O3/c1-22(2)17(14-3-4-15-16(11-14)26-12-25-15)19(24)23-9-5-13(6-10-23)18-20-7-8-21-18/h3-4,7-8,11,13,17H,5-6,9-10,12H2,1-2H3,(H,20,21)/t17-/m1/s1. The fourth-order valence-corrected chi connectivity index (χ4v) is 3.79. The molecule has 2 aliphatic heterocycles. The molecule has 1 atom stereocenters. The number of amides is 1. The lowest BCUT2D eigenvalue weighted by Crippen LogP contribution is -2.44. The van der Waals surface area contributed by atoms with Crippen molar-refractivity contribution in [3.63, 3.8) is 0 Å². The number of likely N-dealkylation sites (N-methyl/N-ethyl adjacent to an activating group) is 1. The molecule has 0 radical (unpaired) electrons. The fourth-order valence-electron chi connectivity index (χ4n) is 3.79. The van der Waals surface area contributed by atoms with E-state index in [2.05, 4.69) is 9.97 Å². The van der Waals surface area contributed by atoms with E-state index in [9.17, 15) is 4.79 Å². The Balaban J connectivity index is 1.48. The maximum absolute atomic E-state index is 13.2. The number of rotatable bonds is 4. The van der Waals surface area contributed by atoms with Crippen LogP contribution in [0.2, 0.25) is 0 Å². The Kier molecular flexibility index (Phi) is 4.55. The molecule has 2 aromatic rings. The minimum atomic E-state index is -0.329. The number of piperidine rings is 1. The van der Waals surface area contributed by atoms with Crippen molar-refractivity contribution in [2.24, 2.45) is 0 Å². The Morgan fingerprint density at radius 2 is 2.04 bits per heavy atom. The van der Waals surface area contributed by atoms with E-state index >= 15 is 0 Å². The summed E-state index contributed by atoms with van der Waals surface area (Å²) in [6, 6.07) is 5.42. The molecule has 1 aromatic carbocycles. The third kappa shape index (κ3) is 3.14. The van der Waals surface area contributed by atoms with Crippen LogP contribution in [0, 0.1) is 0 Å². The van der Waals surface area contributed by atoms with Gasteiger partial charge in [0.05, 0.1) is 0 Å². The van der Waals surface area contributed by atoms with Gasteiger partial charge in [0, 0.05) is 31.4 Å². The van der Waals surface area contributed by atoms with E-state index in [4.69, 9.17) is 9.47 Å². The van der Waals surface area contributed by atoms with Gasteiger partial charge in [-0.05, 0) is 44.6 Å². The number of fused-ring (bicyclic) bond motifs is 1. The van der Waals surface area contributed by atoms with Gasteiger partial charge in [0.2, 0.25) is 12.7 Å². The number of ether oxygens (including phenoxy) is 2. The molecule has 2 aliphatic rings. The third-order valence-corrected chi connectivity index (χ3v) is 5.18. The molecule has 4 rings (SSSR count). The zero-order valence-electron chi connectivity index (χ0n) is 15.1. The van der Waals surface area contributed by atoms with Crippen LogP contribution in [0.3, 0.4) is 0 Å². The second-order valence-electron chi connectivity index (χ2n) is 7.05. The van der Waals surface area contributed by atoms with Gasteiger partial charge in [-0.3, -0.25) is 9.69 Å². The van der Waals surface area contributed by atoms with E-state index in [1.165, 1.54) is 0 Å². The van der Waals surface area contributed by atoms with Crippen molar-refractivity contribution in [2.75, 3.05) is 34.0 Å². The largest absolute Gasteiger partial charge is 0.454 e. The summed E-state index contributed by atoms with van der Waals surface area (Å²) in [6.45, 7) is 1.73. The Hall–Kier alpha value is -2.54. The second kappa shape index (κ2) is 6.99. The molecule has 1 saturated heterocycles. The second-order valence-corrected chi connectivity index (χ2v) is 7.05. The molecule has 0 saturated carbocycles. The zero-order valence-corrected chi connectivity index (χ0v) is 15.1. The topological polar surface area (TPSA) is 70.7 Å². The Morgan fingerprint density at radius 3 is 2.73 bits per heavy atom. The summed E-state index contributed by atoms with van der Waals surface area (Å²) in [5.74, 6) is 3.00. The molecule has 0 spiro atoms. The molecule has 0 bridgehead atoms. The van der Waals surface area contributed by atoms with Gasteiger partial charge in [0.15, 0.2) is 11.5 Å². The van der Waals surface area contributed by atoms with Gasteiger partial charge >= 0.3 is 0 Å². The highest BCUT2D eigenvalue weighted by Gasteiger charge is 2.32. The lowest BCUT2D eigenvalue weighted by atomic mass is 9.94. The number of carbonyl (C=O) groups excluding carboxylic acids is 1. The third-order valence-electron chi connectivity index (χ3n) is 5.18. The fraction of sp³-hybridized carbons (Fsp3) is 0.474. The lowest BCUT2D eigenvalue weighted by molar-refractivity contribution is -0.137. The van der Waals surface area contributed by atoms with Crippen LogP contribution in [0.1, 0.15) is 36.2 Å². The van der Waals surface area contributed by atoms with Gasteiger partial charge in [-0.25, -0.2) is 4.98 Å². The van der Waals surface area contributed by atoms with Crippen molar-refractivity contribution in [3.8, 4) is 11.5 Å². The number of nitrogens with zero attached hydrogens (tertiary/aromatic N) is 3. The first-order chi connectivity index (χ1) is 12.6. The molecule has 0 unspecified atom stereocenters. The maximum atomic E-state index is 13.2. The highest BCUT2D eigenvalue weighted by molar-refractivity contribution is 5.83. The van der Waals surface area contributed by atoms with Crippen LogP contribution in [0.15, 0.2) is 30.6 Å². The van der Waals surface area contributed by atoms with E-state index in [1.807, 2.05) is 48.3 Å².